The first kappa shape index (κ1) is 25.3. The number of sulfonamides is 1. The maximum absolute atomic E-state index is 12.9. The van der Waals surface area contributed by atoms with E-state index in [1.807, 2.05) is 13.8 Å². The Morgan fingerprint density at radius 1 is 1.18 bits per heavy atom. The molecule has 0 saturated carbocycles. The SMILES string of the molecule is CCCNC(=O)c1nn(CC)cc1NC(=O)C1CCN(S(=O)(=O)c2ccc([N+](=O)[O-])cc2)CC1. The molecule has 1 fully saturated rings. The van der Waals surface area contributed by atoms with Gasteiger partial charge in [0, 0.05) is 50.4 Å². The highest BCUT2D eigenvalue weighted by molar-refractivity contribution is 7.89. The van der Waals surface area contributed by atoms with Crippen LogP contribution in [0.4, 0.5) is 11.4 Å². The number of hydrogen-bond acceptors (Lipinski definition) is 7. The number of rotatable bonds is 9. The standard InChI is InChI=1S/C21H28N6O6S/c1-3-11-22-21(29)19-18(14-25(4-2)24-19)23-20(28)15-9-12-26(13-10-15)34(32,33)17-7-5-16(6-8-17)27(30)31/h5-8,14-15H,3-4,9-13H2,1-2H3,(H,22,29)(H,23,28). The van der Waals surface area contributed by atoms with Gasteiger partial charge in [-0.2, -0.15) is 9.40 Å². The molecule has 0 bridgehead atoms. The molecule has 1 aliphatic rings. The molecule has 1 aromatic carbocycles. The number of carbonyl (C=O) groups excluding carboxylic acids is 2. The Morgan fingerprint density at radius 3 is 2.38 bits per heavy atom. The van der Waals surface area contributed by atoms with Crippen molar-refractivity contribution >= 4 is 33.2 Å². The maximum Gasteiger partial charge on any atom is 0.273 e. The second-order valence-electron chi connectivity index (χ2n) is 7.92. The molecule has 0 unspecified atom stereocenters. The van der Waals surface area contributed by atoms with Crippen LogP contribution >= 0.6 is 0 Å². The van der Waals surface area contributed by atoms with E-state index in [0.717, 1.165) is 18.6 Å². The summed E-state index contributed by atoms with van der Waals surface area (Å²) in [5.74, 6) is -1.10. The van der Waals surface area contributed by atoms with E-state index >= 15 is 0 Å². The first-order valence-electron chi connectivity index (χ1n) is 11.1. The molecule has 1 saturated heterocycles. The number of aryl methyl sites for hydroxylation is 1. The molecule has 13 heteroatoms. The lowest BCUT2D eigenvalue weighted by molar-refractivity contribution is -0.384. The summed E-state index contributed by atoms with van der Waals surface area (Å²) < 4.78 is 28.6. The summed E-state index contributed by atoms with van der Waals surface area (Å²) in [5.41, 5.74) is 0.270. The molecule has 0 aliphatic carbocycles. The highest BCUT2D eigenvalue weighted by Gasteiger charge is 2.33. The Bertz CT molecular complexity index is 1150. The Kier molecular flexibility index (Phi) is 7.99. The second-order valence-corrected chi connectivity index (χ2v) is 9.86. The van der Waals surface area contributed by atoms with Gasteiger partial charge in [0.1, 0.15) is 0 Å². The van der Waals surface area contributed by atoms with Crippen LogP contribution in [0.5, 0.6) is 0 Å². The topological polar surface area (TPSA) is 157 Å². The molecule has 3 rings (SSSR count). The molecule has 2 heterocycles. The van der Waals surface area contributed by atoms with Crippen LogP contribution in [0.15, 0.2) is 35.4 Å². The third kappa shape index (κ3) is 5.59. The zero-order chi connectivity index (χ0) is 24.9. The van der Waals surface area contributed by atoms with Crippen molar-refractivity contribution in [2.24, 2.45) is 5.92 Å². The number of benzene rings is 1. The molecule has 2 amide bonds. The van der Waals surface area contributed by atoms with Crippen molar-refractivity contribution < 1.29 is 22.9 Å². The van der Waals surface area contributed by atoms with Crippen molar-refractivity contribution in [2.45, 2.75) is 44.6 Å². The van der Waals surface area contributed by atoms with E-state index < -0.39 is 20.9 Å². The molecule has 34 heavy (non-hydrogen) atoms. The minimum atomic E-state index is -3.83. The lowest BCUT2D eigenvalue weighted by atomic mass is 9.97. The van der Waals surface area contributed by atoms with Crippen LogP contribution < -0.4 is 10.6 Å². The van der Waals surface area contributed by atoms with E-state index in [1.165, 1.54) is 16.4 Å². The van der Waals surface area contributed by atoms with E-state index in [0.29, 0.717) is 31.6 Å². The molecular formula is C21H28N6O6S. The normalized spacial score (nSPS) is 15.1. The summed E-state index contributed by atoms with van der Waals surface area (Å²) in [5, 5.41) is 20.6. The number of nitro groups is 1. The zero-order valence-corrected chi connectivity index (χ0v) is 19.9. The zero-order valence-electron chi connectivity index (χ0n) is 19.1. The number of nitro benzene ring substituents is 1. The van der Waals surface area contributed by atoms with Gasteiger partial charge >= 0.3 is 0 Å². The van der Waals surface area contributed by atoms with Gasteiger partial charge in [0.25, 0.3) is 11.6 Å². The van der Waals surface area contributed by atoms with Gasteiger partial charge in [-0.1, -0.05) is 6.92 Å². The summed E-state index contributed by atoms with van der Waals surface area (Å²) in [7, 11) is -3.83. The van der Waals surface area contributed by atoms with Crippen LogP contribution in [-0.4, -0.2) is 58.9 Å². The van der Waals surface area contributed by atoms with Crippen LogP contribution in [0.1, 0.15) is 43.6 Å². The maximum atomic E-state index is 12.9. The number of nitrogens with one attached hydrogen (secondary N) is 2. The number of amides is 2. The number of carbonyl (C=O) groups is 2. The fourth-order valence-electron chi connectivity index (χ4n) is 3.65. The number of nitrogens with zero attached hydrogens (tertiary/aromatic N) is 4. The smallest absolute Gasteiger partial charge is 0.273 e. The van der Waals surface area contributed by atoms with Crippen molar-refractivity contribution in [3.8, 4) is 0 Å². The van der Waals surface area contributed by atoms with E-state index in [2.05, 4.69) is 15.7 Å². The van der Waals surface area contributed by atoms with Crippen molar-refractivity contribution in [3.05, 3.63) is 46.3 Å². The van der Waals surface area contributed by atoms with Crippen LogP contribution in [0, 0.1) is 16.0 Å². The highest BCUT2D eigenvalue weighted by Crippen LogP contribution is 2.26. The summed E-state index contributed by atoms with van der Waals surface area (Å²) in [4.78, 5) is 35.5. The number of anilines is 1. The second kappa shape index (κ2) is 10.7. The summed E-state index contributed by atoms with van der Waals surface area (Å²) >= 11 is 0. The molecular weight excluding hydrogens is 464 g/mol. The van der Waals surface area contributed by atoms with Gasteiger partial charge in [-0.15, -0.1) is 0 Å². The van der Waals surface area contributed by atoms with Crippen molar-refractivity contribution in [1.82, 2.24) is 19.4 Å². The third-order valence-electron chi connectivity index (χ3n) is 5.60. The number of piperidine rings is 1. The van der Waals surface area contributed by atoms with Crippen LogP contribution in [0.25, 0.3) is 0 Å². The quantitative estimate of drug-likeness (QED) is 0.400. The molecule has 12 nitrogen and oxygen atoms in total. The van der Waals surface area contributed by atoms with Gasteiger partial charge in [-0.25, -0.2) is 8.42 Å². The number of hydrogen-bond donors (Lipinski definition) is 2. The summed E-state index contributed by atoms with van der Waals surface area (Å²) in [6.07, 6.45) is 2.98. The molecule has 0 radical (unpaired) electrons. The number of aromatic nitrogens is 2. The Morgan fingerprint density at radius 2 is 1.82 bits per heavy atom. The lowest BCUT2D eigenvalue weighted by Crippen LogP contribution is -2.41. The monoisotopic (exact) mass is 492 g/mol. The van der Waals surface area contributed by atoms with Gasteiger partial charge in [-0.05, 0) is 38.3 Å². The molecule has 0 atom stereocenters. The fraction of sp³-hybridized carbons (Fsp3) is 0.476. The van der Waals surface area contributed by atoms with E-state index in [9.17, 15) is 28.1 Å². The Balaban J connectivity index is 1.64. The molecule has 184 valence electrons. The molecule has 0 spiro atoms. The Hall–Kier alpha value is -3.32. The minimum absolute atomic E-state index is 0.0317. The van der Waals surface area contributed by atoms with Gasteiger partial charge in [0.2, 0.25) is 15.9 Å². The lowest BCUT2D eigenvalue weighted by Gasteiger charge is -2.30. The molecule has 2 aromatic rings. The van der Waals surface area contributed by atoms with Gasteiger partial charge in [0.15, 0.2) is 5.69 Å². The summed E-state index contributed by atoms with van der Waals surface area (Å²) in [6.45, 7) is 5.09. The average molecular weight is 493 g/mol. The van der Waals surface area contributed by atoms with Crippen LogP contribution in [0.2, 0.25) is 0 Å². The molecule has 1 aromatic heterocycles. The largest absolute Gasteiger partial charge is 0.351 e. The first-order valence-corrected chi connectivity index (χ1v) is 12.5. The molecule has 2 N–H and O–H groups in total. The fourth-order valence-corrected chi connectivity index (χ4v) is 5.12. The van der Waals surface area contributed by atoms with E-state index in [4.69, 9.17) is 0 Å². The van der Waals surface area contributed by atoms with Crippen LogP contribution in [-0.2, 0) is 21.4 Å². The van der Waals surface area contributed by atoms with Crippen molar-refractivity contribution in [2.75, 3.05) is 25.0 Å². The van der Waals surface area contributed by atoms with Gasteiger partial charge < -0.3 is 10.6 Å². The van der Waals surface area contributed by atoms with E-state index in [1.54, 1.807) is 10.9 Å². The molecule has 1 aliphatic heterocycles. The van der Waals surface area contributed by atoms with Crippen LogP contribution in [0.3, 0.4) is 0 Å². The highest BCUT2D eigenvalue weighted by atomic mass is 32.2. The third-order valence-corrected chi connectivity index (χ3v) is 7.52. The minimum Gasteiger partial charge on any atom is -0.351 e. The first-order chi connectivity index (χ1) is 16.2. The van der Waals surface area contributed by atoms with Gasteiger partial charge in [0.05, 0.1) is 15.5 Å². The van der Waals surface area contributed by atoms with E-state index in [-0.39, 0.29) is 41.2 Å². The summed E-state index contributed by atoms with van der Waals surface area (Å²) in [6, 6.07) is 4.72. The number of non-ortho nitro benzene ring substituents is 1. The predicted molar refractivity (Wildman–Crippen MR) is 124 cm³/mol. The average Bonchev–Trinajstić information content (AvgIpc) is 3.25. The predicted octanol–water partition coefficient (Wildman–Crippen LogP) is 1.99. The van der Waals surface area contributed by atoms with Gasteiger partial charge in [-0.3, -0.25) is 24.4 Å². The van der Waals surface area contributed by atoms with Crippen molar-refractivity contribution in [3.63, 3.8) is 0 Å². The van der Waals surface area contributed by atoms with Crippen molar-refractivity contribution in [1.29, 1.82) is 0 Å². The Labute approximate surface area is 197 Å².